The third-order valence-corrected chi connectivity index (χ3v) is 4.92. The highest BCUT2D eigenvalue weighted by molar-refractivity contribution is 5.11. The van der Waals surface area contributed by atoms with E-state index < -0.39 is 0 Å². The highest BCUT2D eigenvalue weighted by atomic mass is 15.3. The SMILES string of the molecule is CCCn1nccc1C(NCC)C1CCCCC1(C)C. The quantitative estimate of drug-likeness (QED) is 0.846. The molecular weight excluding hydrogens is 246 g/mol. The van der Waals surface area contributed by atoms with Gasteiger partial charge in [-0.15, -0.1) is 0 Å². The van der Waals surface area contributed by atoms with Crippen LogP contribution in [0.2, 0.25) is 0 Å². The lowest BCUT2D eigenvalue weighted by atomic mass is 9.65. The van der Waals surface area contributed by atoms with E-state index in [0.29, 0.717) is 17.4 Å². The van der Waals surface area contributed by atoms with Crippen LogP contribution < -0.4 is 5.32 Å². The van der Waals surface area contributed by atoms with Crippen LogP contribution in [0.3, 0.4) is 0 Å². The zero-order valence-electron chi connectivity index (χ0n) is 13.7. The summed E-state index contributed by atoms with van der Waals surface area (Å²) in [6, 6.07) is 2.66. The molecule has 2 unspecified atom stereocenters. The average molecular weight is 277 g/mol. The molecule has 1 aliphatic carbocycles. The van der Waals surface area contributed by atoms with Crippen LogP contribution in [0.5, 0.6) is 0 Å². The van der Waals surface area contributed by atoms with Crippen molar-refractivity contribution < 1.29 is 0 Å². The number of nitrogens with zero attached hydrogens (tertiary/aromatic N) is 2. The molecule has 1 aliphatic rings. The third kappa shape index (κ3) is 3.25. The van der Waals surface area contributed by atoms with Gasteiger partial charge >= 0.3 is 0 Å². The van der Waals surface area contributed by atoms with Gasteiger partial charge in [-0.25, -0.2) is 0 Å². The van der Waals surface area contributed by atoms with Gasteiger partial charge in [-0.1, -0.05) is 40.5 Å². The molecule has 1 saturated carbocycles. The van der Waals surface area contributed by atoms with E-state index in [1.807, 2.05) is 6.20 Å². The molecule has 1 aromatic rings. The summed E-state index contributed by atoms with van der Waals surface area (Å²) >= 11 is 0. The average Bonchev–Trinajstić information content (AvgIpc) is 2.85. The lowest BCUT2D eigenvalue weighted by molar-refractivity contribution is 0.0952. The highest BCUT2D eigenvalue weighted by Crippen LogP contribution is 2.46. The maximum atomic E-state index is 4.53. The summed E-state index contributed by atoms with van der Waals surface area (Å²) < 4.78 is 2.21. The number of aromatic nitrogens is 2. The van der Waals surface area contributed by atoms with Crippen molar-refractivity contribution in [2.24, 2.45) is 11.3 Å². The van der Waals surface area contributed by atoms with Crippen molar-refractivity contribution in [2.75, 3.05) is 6.54 Å². The van der Waals surface area contributed by atoms with Crippen molar-refractivity contribution in [3.05, 3.63) is 18.0 Å². The fraction of sp³-hybridized carbons (Fsp3) is 0.824. The summed E-state index contributed by atoms with van der Waals surface area (Å²) in [5.74, 6) is 0.712. The first-order valence-corrected chi connectivity index (χ1v) is 8.35. The minimum atomic E-state index is 0.423. The van der Waals surface area contributed by atoms with Gasteiger partial charge in [0.25, 0.3) is 0 Å². The van der Waals surface area contributed by atoms with E-state index >= 15 is 0 Å². The standard InChI is InChI=1S/C17H31N3/c1-5-13-20-15(10-12-19-20)16(18-6-2)14-9-7-8-11-17(14,3)4/h10,12,14,16,18H,5-9,11,13H2,1-4H3. The summed E-state index contributed by atoms with van der Waals surface area (Å²) in [7, 11) is 0. The second-order valence-electron chi connectivity index (χ2n) is 6.86. The summed E-state index contributed by atoms with van der Waals surface area (Å²) in [4.78, 5) is 0. The van der Waals surface area contributed by atoms with Crippen LogP contribution in [0.1, 0.15) is 71.5 Å². The van der Waals surface area contributed by atoms with Crippen molar-refractivity contribution in [1.82, 2.24) is 15.1 Å². The first-order valence-electron chi connectivity index (χ1n) is 8.35. The molecule has 20 heavy (non-hydrogen) atoms. The second-order valence-corrected chi connectivity index (χ2v) is 6.86. The molecule has 1 fully saturated rings. The Morgan fingerprint density at radius 2 is 2.20 bits per heavy atom. The number of hydrogen-bond acceptors (Lipinski definition) is 2. The molecule has 0 aromatic carbocycles. The molecular formula is C17H31N3. The maximum Gasteiger partial charge on any atom is 0.0556 e. The Balaban J connectivity index is 2.27. The molecule has 2 atom stereocenters. The Morgan fingerprint density at radius 3 is 2.85 bits per heavy atom. The van der Waals surface area contributed by atoms with E-state index in [9.17, 15) is 0 Å². The fourth-order valence-corrected chi connectivity index (χ4v) is 3.82. The van der Waals surface area contributed by atoms with Gasteiger partial charge in [0.15, 0.2) is 0 Å². The largest absolute Gasteiger partial charge is 0.309 e. The van der Waals surface area contributed by atoms with Crippen molar-refractivity contribution in [2.45, 2.75) is 72.4 Å². The van der Waals surface area contributed by atoms with Gasteiger partial charge in [0, 0.05) is 12.7 Å². The number of hydrogen-bond donors (Lipinski definition) is 1. The molecule has 1 aromatic heterocycles. The van der Waals surface area contributed by atoms with Gasteiger partial charge in [-0.05, 0) is 43.2 Å². The van der Waals surface area contributed by atoms with Gasteiger partial charge in [0.1, 0.15) is 0 Å². The molecule has 0 saturated heterocycles. The van der Waals surface area contributed by atoms with Crippen LogP contribution >= 0.6 is 0 Å². The van der Waals surface area contributed by atoms with E-state index in [1.54, 1.807) is 0 Å². The lowest BCUT2D eigenvalue weighted by Crippen LogP contribution is -2.40. The maximum absolute atomic E-state index is 4.53. The number of aryl methyl sites for hydroxylation is 1. The minimum Gasteiger partial charge on any atom is -0.309 e. The van der Waals surface area contributed by atoms with Crippen molar-refractivity contribution in [3.8, 4) is 0 Å². The first-order chi connectivity index (χ1) is 9.60. The van der Waals surface area contributed by atoms with E-state index in [-0.39, 0.29) is 0 Å². The zero-order chi connectivity index (χ0) is 14.6. The molecule has 3 nitrogen and oxygen atoms in total. The Kier molecular flexibility index (Phi) is 5.25. The van der Waals surface area contributed by atoms with Crippen molar-refractivity contribution >= 4 is 0 Å². The Labute approximate surface area is 124 Å². The smallest absolute Gasteiger partial charge is 0.0556 e. The predicted molar refractivity (Wildman–Crippen MR) is 84.7 cm³/mol. The van der Waals surface area contributed by atoms with Crippen LogP contribution in [0, 0.1) is 11.3 Å². The predicted octanol–water partition coefficient (Wildman–Crippen LogP) is 4.16. The third-order valence-electron chi connectivity index (χ3n) is 4.92. The summed E-state index contributed by atoms with van der Waals surface area (Å²) in [5, 5.41) is 8.28. The normalized spacial score (nSPS) is 23.7. The van der Waals surface area contributed by atoms with Gasteiger partial charge < -0.3 is 5.32 Å². The summed E-state index contributed by atoms with van der Waals surface area (Å²) in [6.45, 7) is 11.4. The topological polar surface area (TPSA) is 29.9 Å². The molecule has 114 valence electrons. The summed E-state index contributed by atoms with van der Waals surface area (Å²) in [5.41, 5.74) is 1.81. The van der Waals surface area contributed by atoms with Crippen LogP contribution in [-0.2, 0) is 6.54 Å². The Bertz CT molecular complexity index is 408. The fourth-order valence-electron chi connectivity index (χ4n) is 3.82. The van der Waals surface area contributed by atoms with Gasteiger partial charge in [0.05, 0.1) is 11.7 Å². The molecule has 2 rings (SSSR count). The van der Waals surface area contributed by atoms with Crippen LogP contribution in [0.4, 0.5) is 0 Å². The summed E-state index contributed by atoms with van der Waals surface area (Å²) in [6.07, 6.45) is 8.55. The van der Waals surface area contributed by atoms with Crippen molar-refractivity contribution in [1.29, 1.82) is 0 Å². The van der Waals surface area contributed by atoms with Gasteiger partial charge in [0.2, 0.25) is 0 Å². The lowest BCUT2D eigenvalue weighted by Gasteiger charge is -2.43. The molecule has 1 heterocycles. The molecule has 1 N–H and O–H groups in total. The van der Waals surface area contributed by atoms with E-state index in [2.05, 4.69) is 48.9 Å². The van der Waals surface area contributed by atoms with E-state index in [0.717, 1.165) is 19.5 Å². The van der Waals surface area contributed by atoms with Gasteiger partial charge in [-0.3, -0.25) is 4.68 Å². The molecule has 0 amide bonds. The number of nitrogens with one attached hydrogen (secondary N) is 1. The molecule has 3 heteroatoms. The highest BCUT2D eigenvalue weighted by Gasteiger charge is 2.38. The first kappa shape index (κ1) is 15.6. The molecule has 0 bridgehead atoms. The Morgan fingerprint density at radius 1 is 1.40 bits per heavy atom. The molecule has 0 aliphatic heterocycles. The Hall–Kier alpha value is -0.830. The molecule has 0 spiro atoms. The van der Waals surface area contributed by atoms with Crippen LogP contribution in [0.25, 0.3) is 0 Å². The monoisotopic (exact) mass is 277 g/mol. The van der Waals surface area contributed by atoms with E-state index in [4.69, 9.17) is 0 Å². The zero-order valence-corrected chi connectivity index (χ0v) is 13.7. The minimum absolute atomic E-state index is 0.423. The van der Waals surface area contributed by atoms with Crippen LogP contribution in [-0.4, -0.2) is 16.3 Å². The number of rotatable bonds is 6. The van der Waals surface area contributed by atoms with Crippen LogP contribution in [0.15, 0.2) is 12.3 Å². The molecule has 0 radical (unpaired) electrons. The van der Waals surface area contributed by atoms with Gasteiger partial charge in [-0.2, -0.15) is 5.10 Å². The van der Waals surface area contributed by atoms with E-state index in [1.165, 1.54) is 31.4 Å². The van der Waals surface area contributed by atoms with Crippen molar-refractivity contribution in [3.63, 3.8) is 0 Å². The second kappa shape index (κ2) is 6.75.